The molecule has 0 saturated carbocycles. The number of aromatic nitrogens is 1. The highest BCUT2D eigenvalue weighted by atomic mass is 32.2. The number of sulfone groups is 1. The van der Waals surface area contributed by atoms with Crippen LogP contribution in [0.5, 0.6) is 0 Å². The minimum Gasteiger partial charge on any atom is -0.368 e. The van der Waals surface area contributed by atoms with E-state index in [-0.39, 0.29) is 0 Å². The summed E-state index contributed by atoms with van der Waals surface area (Å²) in [5.41, 5.74) is 1.13. The van der Waals surface area contributed by atoms with Crippen molar-refractivity contribution in [3.8, 4) is 0 Å². The Morgan fingerprint density at radius 2 is 1.70 bits per heavy atom. The monoisotopic (exact) mass is 441 g/mol. The van der Waals surface area contributed by atoms with Crippen molar-refractivity contribution in [3.63, 3.8) is 0 Å². The maximum atomic E-state index is 12.8. The molecule has 1 fully saturated rings. The zero-order valence-corrected chi connectivity index (χ0v) is 17.4. The van der Waals surface area contributed by atoms with Crippen LogP contribution in [-0.2, 0) is 20.8 Å². The fourth-order valence-corrected chi connectivity index (χ4v) is 4.61. The van der Waals surface area contributed by atoms with Crippen molar-refractivity contribution in [2.24, 2.45) is 0 Å². The molecule has 10 heteroatoms. The molecule has 3 rings (SSSR count). The van der Waals surface area contributed by atoms with E-state index in [0.717, 1.165) is 17.3 Å². The van der Waals surface area contributed by atoms with Crippen molar-refractivity contribution in [3.05, 3.63) is 53.7 Å². The van der Waals surface area contributed by atoms with Crippen LogP contribution in [-0.4, -0.2) is 55.6 Å². The first-order valence-corrected chi connectivity index (χ1v) is 10.9. The molecule has 0 N–H and O–H groups in total. The third-order valence-corrected chi connectivity index (χ3v) is 7.17. The van der Waals surface area contributed by atoms with Gasteiger partial charge in [0.15, 0.2) is 5.03 Å². The molecule has 0 bridgehead atoms. The van der Waals surface area contributed by atoms with E-state index in [9.17, 15) is 26.4 Å². The van der Waals surface area contributed by atoms with E-state index in [1.165, 1.54) is 11.8 Å². The fraction of sp³-hybridized carbons (Fsp3) is 0.400. The summed E-state index contributed by atoms with van der Waals surface area (Å²) < 4.78 is 63.4. The van der Waals surface area contributed by atoms with Gasteiger partial charge in [0.2, 0.25) is 15.7 Å². The van der Waals surface area contributed by atoms with Gasteiger partial charge in [-0.3, -0.25) is 4.79 Å². The average Bonchev–Trinajstić information content (AvgIpc) is 2.72. The molecule has 2 aromatic rings. The Morgan fingerprint density at radius 3 is 2.23 bits per heavy atom. The maximum absolute atomic E-state index is 12.8. The Hall–Kier alpha value is -2.62. The number of para-hydroxylation sites is 1. The molecule has 1 aliphatic heterocycles. The lowest BCUT2D eigenvalue weighted by Gasteiger charge is -2.37. The third-order valence-electron chi connectivity index (χ3n) is 5.22. The van der Waals surface area contributed by atoms with Gasteiger partial charge in [-0.05, 0) is 37.6 Å². The summed E-state index contributed by atoms with van der Waals surface area (Å²) >= 11 is 0. The predicted octanol–water partition coefficient (Wildman–Crippen LogP) is 2.92. The molecule has 1 atom stereocenters. The van der Waals surface area contributed by atoms with Gasteiger partial charge < -0.3 is 9.80 Å². The van der Waals surface area contributed by atoms with Gasteiger partial charge >= 0.3 is 6.18 Å². The molecule has 0 spiro atoms. The molecule has 1 aliphatic rings. The van der Waals surface area contributed by atoms with Crippen LogP contribution in [0.4, 0.5) is 18.9 Å². The van der Waals surface area contributed by atoms with Crippen LogP contribution in [0, 0.1) is 6.92 Å². The van der Waals surface area contributed by atoms with Crippen molar-refractivity contribution in [2.75, 3.05) is 31.1 Å². The molecule has 1 aromatic heterocycles. The molecule has 1 amide bonds. The van der Waals surface area contributed by atoms with Gasteiger partial charge in [-0.2, -0.15) is 13.2 Å². The first kappa shape index (κ1) is 22.1. The number of anilines is 1. The first-order chi connectivity index (χ1) is 14.0. The Bertz CT molecular complexity index is 1020. The second-order valence-electron chi connectivity index (χ2n) is 7.17. The first-order valence-electron chi connectivity index (χ1n) is 9.38. The number of pyridine rings is 1. The molecule has 1 aromatic carbocycles. The summed E-state index contributed by atoms with van der Waals surface area (Å²) in [6.07, 6.45) is -4.15. The minimum absolute atomic E-state index is 0.355. The number of carbonyl (C=O) groups is 1. The van der Waals surface area contributed by atoms with Crippen LogP contribution in [0.1, 0.15) is 18.1 Å². The summed E-state index contributed by atoms with van der Waals surface area (Å²) in [5, 5.41) is -1.98. The largest absolute Gasteiger partial charge is 0.417 e. The van der Waals surface area contributed by atoms with Crippen LogP contribution in [0.25, 0.3) is 0 Å². The quantitative estimate of drug-likeness (QED) is 0.730. The van der Waals surface area contributed by atoms with E-state index < -0.39 is 37.8 Å². The minimum atomic E-state index is -4.62. The topological polar surface area (TPSA) is 70.6 Å². The number of carbonyl (C=O) groups excluding carboxylic acids is 1. The number of hydrogen-bond donors (Lipinski definition) is 0. The summed E-state index contributed by atoms with van der Waals surface area (Å²) in [5.74, 6) is -0.582. The lowest BCUT2D eigenvalue weighted by molar-refractivity contribution is -0.138. The van der Waals surface area contributed by atoms with E-state index in [1.807, 2.05) is 31.2 Å². The molecule has 1 saturated heterocycles. The van der Waals surface area contributed by atoms with Crippen molar-refractivity contribution in [1.29, 1.82) is 0 Å². The molecule has 1 unspecified atom stereocenters. The lowest BCUT2D eigenvalue weighted by Crippen LogP contribution is -2.52. The molecular formula is C20H22F3N3O3S. The Balaban J connectivity index is 1.69. The van der Waals surface area contributed by atoms with Crippen molar-refractivity contribution < 1.29 is 26.4 Å². The summed E-state index contributed by atoms with van der Waals surface area (Å²) in [6, 6.07) is 9.32. The smallest absolute Gasteiger partial charge is 0.368 e. The van der Waals surface area contributed by atoms with E-state index in [2.05, 4.69) is 9.88 Å². The van der Waals surface area contributed by atoms with E-state index in [1.54, 1.807) is 0 Å². The van der Waals surface area contributed by atoms with Gasteiger partial charge in [-0.1, -0.05) is 18.2 Å². The van der Waals surface area contributed by atoms with Gasteiger partial charge in [-0.15, -0.1) is 0 Å². The highest BCUT2D eigenvalue weighted by Gasteiger charge is 2.36. The Labute approximate surface area is 173 Å². The highest BCUT2D eigenvalue weighted by molar-refractivity contribution is 7.92. The van der Waals surface area contributed by atoms with Crippen LogP contribution in [0.15, 0.2) is 47.6 Å². The van der Waals surface area contributed by atoms with Crippen LogP contribution in [0.3, 0.4) is 0 Å². The van der Waals surface area contributed by atoms with E-state index in [4.69, 9.17) is 0 Å². The van der Waals surface area contributed by atoms with Crippen LogP contribution in [0.2, 0.25) is 0 Å². The lowest BCUT2D eigenvalue weighted by atomic mass is 10.1. The summed E-state index contributed by atoms with van der Waals surface area (Å²) in [7, 11) is -4.21. The van der Waals surface area contributed by atoms with E-state index in [0.29, 0.717) is 38.4 Å². The van der Waals surface area contributed by atoms with Gasteiger partial charge in [-0.25, -0.2) is 13.4 Å². The number of halogens is 3. The number of amides is 1. The van der Waals surface area contributed by atoms with Crippen LogP contribution >= 0.6 is 0 Å². The normalized spacial score (nSPS) is 16.4. The average molecular weight is 441 g/mol. The van der Waals surface area contributed by atoms with Gasteiger partial charge in [0.05, 0.1) is 5.56 Å². The second-order valence-corrected chi connectivity index (χ2v) is 9.38. The number of piperazine rings is 1. The molecule has 30 heavy (non-hydrogen) atoms. The number of rotatable bonds is 4. The number of nitrogens with zero attached hydrogens (tertiary/aromatic N) is 3. The summed E-state index contributed by atoms with van der Waals surface area (Å²) in [6.45, 7) is 5.06. The van der Waals surface area contributed by atoms with Gasteiger partial charge in [0.1, 0.15) is 5.25 Å². The standard InChI is InChI=1S/C20H22F3N3O3S/c1-14-5-3-4-6-17(14)25-9-11-26(12-10-25)19(27)15(2)30(28,29)18-8-7-16(13-24-18)20(21,22)23/h3-8,13,15H,9-12H2,1-2H3. The zero-order chi connectivity index (χ0) is 22.1. The SMILES string of the molecule is Cc1ccccc1N1CCN(C(=O)C(C)S(=O)(=O)c2ccc(C(F)(F)F)cn2)CC1. The zero-order valence-electron chi connectivity index (χ0n) is 16.6. The van der Waals surface area contributed by atoms with Crippen molar-refractivity contribution in [2.45, 2.75) is 30.3 Å². The van der Waals surface area contributed by atoms with Gasteiger partial charge in [0.25, 0.3) is 0 Å². The van der Waals surface area contributed by atoms with Gasteiger partial charge in [0, 0.05) is 38.1 Å². The fourth-order valence-electron chi connectivity index (χ4n) is 3.37. The number of aryl methyl sites for hydroxylation is 1. The number of hydrogen-bond acceptors (Lipinski definition) is 5. The third kappa shape index (κ3) is 4.43. The highest BCUT2D eigenvalue weighted by Crippen LogP contribution is 2.29. The second kappa shape index (κ2) is 8.25. The molecular weight excluding hydrogens is 419 g/mol. The predicted molar refractivity (Wildman–Crippen MR) is 106 cm³/mol. The number of alkyl halides is 3. The van der Waals surface area contributed by atoms with Crippen molar-refractivity contribution in [1.82, 2.24) is 9.88 Å². The molecule has 6 nitrogen and oxygen atoms in total. The Kier molecular flexibility index (Phi) is 6.07. The Morgan fingerprint density at radius 1 is 1.07 bits per heavy atom. The van der Waals surface area contributed by atoms with Crippen LogP contribution < -0.4 is 4.90 Å². The number of benzene rings is 1. The van der Waals surface area contributed by atoms with Crippen molar-refractivity contribution >= 4 is 21.4 Å². The molecule has 0 aliphatic carbocycles. The maximum Gasteiger partial charge on any atom is 0.417 e. The molecule has 0 radical (unpaired) electrons. The van der Waals surface area contributed by atoms with E-state index >= 15 is 0 Å². The molecule has 162 valence electrons. The summed E-state index contributed by atoms with van der Waals surface area (Å²) in [4.78, 5) is 19.8. The molecule has 2 heterocycles.